The maximum absolute atomic E-state index is 11.8. The Labute approximate surface area is 159 Å². The van der Waals surface area contributed by atoms with Gasteiger partial charge < -0.3 is 14.4 Å². The molecule has 0 spiro atoms. The van der Waals surface area contributed by atoms with Crippen LogP contribution >= 0.6 is 0 Å². The quantitative estimate of drug-likeness (QED) is 0.454. The summed E-state index contributed by atoms with van der Waals surface area (Å²) in [6.45, 7) is 10.2. The fourth-order valence-corrected chi connectivity index (χ4v) is 2.67. The number of hydrogen-bond acceptors (Lipinski definition) is 4. The predicted octanol–water partition coefficient (Wildman–Crippen LogP) is 5.32. The highest BCUT2D eigenvalue weighted by molar-refractivity contribution is 5.84. The molecule has 0 saturated heterocycles. The van der Waals surface area contributed by atoms with Gasteiger partial charge in [0, 0.05) is 12.2 Å². The third-order valence-electron chi connectivity index (χ3n) is 4.40. The second kappa shape index (κ2) is 14.4. The molecule has 0 bridgehead atoms. The van der Waals surface area contributed by atoms with Gasteiger partial charge in [0.1, 0.15) is 12.4 Å². The van der Waals surface area contributed by atoms with Gasteiger partial charge in [-0.2, -0.15) is 0 Å². The van der Waals surface area contributed by atoms with Gasteiger partial charge in [0.25, 0.3) is 0 Å². The lowest BCUT2D eigenvalue weighted by molar-refractivity contribution is 0.142. The standard InChI is InChI=1S/C21H36N2O3/c1-4-7-8-9-10-11-17-25-20-14-12-19(13-15-20)22-21(24)26-18-16-23(5-2)6-3/h12-15H,4-11,16-18H2,1-3H3,(H,22,24). The number of unbranched alkanes of at least 4 members (excludes halogenated alkanes) is 5. The van der Waals surface area contributed by atoms with Crippen molar-refractivity contribution in [2.24, 2.45) is 0 Å². The van der Waals surface area contributed by atoms with Crippen LogP contribution in [0.2, 0.25) is 0 Å². The lowest BCUT2D eigenvalue weighted by Crippen LogP contribution is -2.28. The molecular formula is C21H36N2O3. The summed E-state index contributed by atoms with van der Waals surface area (Å²) in [5.74, 6) is 0.832. The minimum Gasteiger partial charge on any atom is -0.494 e. The van der Waals surface area contributed by atoms with E-state index >= 15 is 0 Å². The molecule has 0 heterocycles. The van der Waals surface area contributed by atoms with Gasteiger partial charge in [0.15, 0.2) is 0 Å². The Balaban J connectivity index is 2.18. The molecule has 0 aliphatic carbocycles. The lowest BCUT2D eigenvalue weighted by Gasteiger charge is -2.17. The third-order valence-corrected chi connectivity index (χ3v) is 4.40. The van der Waals surface area contributed by atoms with Crippen LogP contribution in [0.3, 0.4) is 0 Å². The van der Waals surface area contributed by atoms with E-state index in [2.05, 4.69) is 31.0 Å². The molecule has 1 aromatic rings. The van der Waals surface area contributed by atoms with E-state index in [0.29, 0.717) is 12.3 Å². The van der Waals surface area contributed by atoms with Crippen LogP contribution in [0.25, 0.3) is 0 Å². The lowest BCUT2D eigenvalue weighted by atomic mass is 10.1. The predicted molar refractivity (Wildman–Crippen MR) is 108 cm³/mol. The van der Waals surface area contributed by atoms with Crippen molar-refractivity contribution in [2.45, 2.75) is 59.3 Å². The molecule has 0 saturated carbocycles. The van der Waals surface area contributed by atoms with Crippen LogP contribution in [-0.4, -0.2) is 43.8 Å². The second-order valence-corrected chi connectivity index (χ2v) is 6.43. The van der Waals surface area contributed by atoms with Crippen LogP contribution in [0.15, 0.2) is 24.3 Å². The summed E-state index contributed by atoms with van der Waals surface area (Å²) in [7, 11) is 0. The van der Waals surface area contributed by atoms with E-state index in [4.69, 9.17) is 9.47 Å². The molecule has 0 atom stereocenters. The number of ether oxygens (including phenoxy) is 2. The first kappa shape index (κ1) is 22.3. The summed E-state index contributed by atoms with van der Waals surface area (Å²) in [5, 5.41) is 2.74. The van der Waals surface area contributed by atoms with E-state index in [-0.39, 0.29) is 0 Å². The van der Waals surface area contributed by atoms with Crippen molar-refractivity contribution in [1.29, 1.82) is 0 Å². The number of hydrogen-bond donors (Lipinski definition) is 1. The Morgan fingerprint density at radius 1 is 0.923 bits per heavy atom. The van der Waals surface area contributed by atoms with Crippen LogP contribution in [0, 0.1) is 0 Å². The molecule has 0 aliphatic heterocycles. The van der Waals surface area contributed by atoms with Crippen molar-refractivity contribution in [3.63, 3.8) is 0 Å². The van der Waals surface area contributed by atoms with E-state index in [1.165, 1.54) is 32.1 Å². The summed E-state index contributed by atoms with van der Waals surface area (Å²) in [4.78, 5) is 14.0. The molecule has 1 rings (SSSR count). The maximum Gasteiger partial charge on any atom is 0.411 e. The van der Waals surface area contributed by atoms with Crippen molar-refractivity contribution in [3.05, 3.63) is 24.3 Å². The first-order chi connectivity index (χ1) is 12.7. The molecule has 0 fully saturated rings. The number of nitrogens with one attached hydrogen (secondary N) is 1. The van der Waals surface area contributed by atoms with Crippen LogP contribution in [-0.2, 0) is 4.74 Å². The first-order valence-corrected chi connectivity index (χ1v) is 10.1. The van der Waals surface area contributed by atoms with Gasteiger partial charge in [-0.25, -0.2) is 4.79 Å². The average molecular weight is 365 g/mol. The van der Waals surface area contributed by atoms with E-state index in [1.54, 1.807) is 0 Å². The number of carbonyl (C=O) groups is 1. The molecule has 1 N–H and O–H groups in total. The third kappa shape index (κ3) is 10.3. The summed E-state index contributed by atoms with van der Waals surface area (Å²) >= 11 is 0. The normalized spacial score (nSPS) is 10.8. The molecule has 0 radical (unpaired) electrons. The van der Waals surface area contributed by atoms with Crippen molar-refractivity contribution in [2.75, 3.05) is 38.2 Å². The Morgan fingerprint density at radius 2 is 1.58 bits per heavy atom. The summed E-state index contributed by atoms with van der Waals surface area (Å²) in [6.07, 6.45) is 7.10. The molecule has 1 aromatic carbocycles. The smallest absolute Gasteiger partial charge is 0.411 e. The molecule has 148 valence electrons. The fraction of sp³-hybridized carbons (Fsp3) is 0.667. The summed E-state index contributed by atoms with van der Waals surface area (Å²) < 4.78 is 10.9. The van der Waals surface area contributed by atoms with Crippen LogP contribution in [0.1, 0.15) is 59.3 Å². The zero-order valence-corrected chi connectivity index (χ0v) is 16.8. The molecule has 5 heteroatoms. The summed E-state index contributed by atoms with van der Waals surface area (Å²) in [5.41, 5.74) is 0.713. The topological polar surface area (TPSA) is 50.8 Å². The van der Waals surface area contributed by atoms with E-state index in [1.807, 2.05) is 24.3 Å². The van der Waals surface area contributed by atoms with Crippen molar-refractivity contribution in [3.8, 4) is 5.75 Å². The summed E-state index contributed by atoms with van der Waals surface area (Å²) in [6, 6.07) is 7.43. The SMILES string of the molecule is CCCCCCCCOc1ccc(NC(=O)OCCN(CC)CC)cc1. The maximum atomic E-state index is 11.8. The highest BCUT2D eigenvalue weighted by Gasteiger charge is 2.05. The largest absolute Gasteiger partial charge is 0.494 e. The van der Waals surface area contributed by atoms with E-state index in [0.717, 1.165) is 38.4 Å². The molecule has 0 unspecified atom stereocenters. The Kier molecular flexibility index (Phi) is 12.4. The molecule has 0 aliphatic rings. The molecule has 5 nitrogen and oxygen atoms in total. The highest BCUT2D eigenvalue weighted by Crippen LogP contribution is 2.16. The van der Waals surface area contributed by atoms with Gasteiger partial charge >= 0.3 is 6.09 Å². The van der Waals surface area contributed by atoms with Crippen molar-refractivity contribution < 1.29 is 14.3 Å². The minimum absolute atomic E-state index is 0.396. The Morgan fingerprint density at radius 3 is 2.23 bits per heavy atom. The zero-order chi connectivity index (χ0) is 19.0. The number of nitrogens with zero attached hydrogens (tertiary/aromatic N) is 1. The van der Waals surface area contributed by atoms with Crippen LogP contribution < -0.4 is 10.1 Å². The fourth-order valence-electron chi connectivity index (χ4n) is 2.67. The van der Waals surface area contributed by atoms with Gasteiger partial charge in [-0.15, -0.1) is 0 Å². The average Bonchev–Trinajstić information content (AvgIpc) is 2.66. The second-order valence-electron chi connectivity index (χ2n) is 6.43. The number of rotatable bonds is 14. The number of carbonyl (C=O) groups excluding carboxylic acids is 1. The molecule has 0 aromatic heterocycles. The molecule has 26 heavy (non-hydrogen) atoms. The number of amides is 1. The zero-order valence-electron chi connectivity index (χ0n) is 16.8. The van der Waals surface area contributed by atoms with Gasteiger partial charge in [0.05, 0.1) is 6.61 Å². The molecular weight excluding hydrogens is 328 g/mol. The van der Waals surface area contributed by atoms with Gasteiger partial charge in [-0.3, -0.25) is 5.32 Å². The highest BCUT2D eigenvalue weighted by atomic mass is 16.5. The monoisotopic (exact) mass is 364 g/mol. The Bertz CT molecular complexity index is 473. The Hall–Kier alpha value is -1.75. The van der Waals surface area contributed by atoms with Crippen LogP contribution in [0.4, 0.5) is 10.5 Å². The van der Waals surface area contributed by atoms with Gasteiger partial charge in [-0.1, -0.05) is 52.9 Å². The van der Waals surface area contributed by atoms with Crippen molar-refractivity contribution in [1.82, 2.24) is 4.90 Å². The molecule has 1 amide bonds. The minimum atomic E-state index is -0.419. The van der Waals surface area contributed by atoms with Gasteiger partial charge in [0.2, 0.25) is 0 Å². The number of benzene rings is 1. The van der Waals surface area contributed by atoms with Gasteiger partial charge in [-0.05, 0) is 43.8 Å². The first-order valence-electron chi connectivity index (χ1n) is 10.1. The number of likely N-dealkylation sites (N-methyl/N-ethyl adjacent to an activating group) is 1. The van der Waals surface area contributed by atoms with Crippen LogP contribution in [0.5, 0.6) is 5.75 Å². The number of anilines is 1. The van der Waals surface area contributed by atoms with E-state index in [9.17, 15) is 4.79 Å². The van der Waals surface area contributed by atoms with Crippen molar-refractivity contribution >= 4 is 11.8 Å². The van der Waals surface area contributed by atoms with E-state index < -0.39 is 6.09 Å².